The minimum Gasteiger partial charge on any atom is -0.376 e. The van der Waals surface area contributed by atoms with E-state index in [2.05, 4.69) is 10.3 Å². The molecule has 0 radical (unpaired) electrons. The molecule has 0 saturated carbocycles. The molecule has 0 aliphatic carbocycles. The summed E-state index contributed by atoms with van der Waals surface area (Å²) in [5, 5.41) is 5.62. The predicted molar refractivity (Wildman–Crippen MR) is 70.3 cm³/mol. The lowest BCUT2D eigenvalue weighted by atomic mass is 10.1. The van der Waals surface area contributed by atoms with Gasteiger partial charge < -0.3 is 5.32 Å². The van der Waals surface area contributed by atoms with Gasteiger partial charge in [-0.2, -0.15) is 13.2 Å². The van der Waals surface area contributed by atoms with Crippen LogP contribution in [-0.4, -0.2) is 4.98 Å². The van der Waals surface area contributed by atoms with Crippen molar-refractivity contribution in [2.45, 2.75) is 26.1 Å². The number of nitrogens with one attached hydrogen (secondary N) is 1. The van der Waals surface area contributed by atoms with E-state index in [0.717, 1.165) is 16.8 Å². The van der Waals surface area contributed by atoms with Crippen molar-refractivity contribution in [3.63, 3.8) is 0 Å². The molecule has 19 heavy (non-hydrogen) atoms. The van der Waals surface area contributed by atoms with Crippen LogP contribution in [0.5, 0.6) is 0 Å². The molecule has 0 bridgehead atoms. The van der Waals surface area contributed by atoms with Crippen molar-refractivity contribution in [3.05, 3.63) is 45.9 Å². The fraction of sp³-hybridized carbons (Fsp3) is 0.308. The van der Waals surface area contributed by atoms with Gasteiger partial charge in [-0.3, -0.25) is 0 Å². The molecule has 0 fully saturated rings. The maximum absolute atomic E-state index is 12.9. The second kappa shape index (κ2) is 5.21. The summed E-state index contributed by atoms with van der Waals surface area (Å²) in [6, 6.07) is 5.19. The quantitative estimate of drug-likeness (QED) is 0.888. The van der Waals surface area contributed by atoms with Crippen LogP contribution in [0.25, 0.3) is 0 Å². The standard InChI is InChI=1S/C13H13F3N2S/c1-8(12-7-19-9(2)18-12)17-11-6-4-3-5-10(11)13(14,15)16/h3-8,17H,1-2H3. The van der Waals surface area contributed by atoms with E-state index in [1.54, 1.807) is 13.0 Å². The highest BCUT2D eigenvalue weighted by Gasteiger charge is 2.33. The fourth-order valence-electron chi connectivity index (χ4n) is 1.74. The molecule has 1 aromatic heterocycles. The third-order valence-corrected chi connectivity index (χ3v) is 3.48. The molecule has 2 nitrogen and oxygen atoms in total. The van der Waals surface area contributed by atoms with E-state index in [1.807, 2.05) is 12.3 Å². The number of halogens is 3. The SMILES string of the molecule is Cc1nc(C(C)Nc2ccccc2C(F)(F)F)cs1. The Hall–Kier alpha value is -1.56. The summed E-state index contributed by atoms with van der Waals surface area (Å²) >= 11 is 1.48. The van der Waals surface area contributed by atoms with Crippen molar-refractivity contribution in [2.75, 3.05) is 5.32 Å². The number of rotatable bonds is 3. The van der Waals surface area contributed by atoms with E-state index in [4.69, 9.17) is 0 Å². The van der Waals surface area contributed by atoms with Gasteiger partial charge in [0.1, 0.15) is 0 Å². The highest BCUT2D eigenvalue weighted by Crippen LogP contribution is 2.35. The molecular weight excluding hydrogens is 273 g/mol. The Kier molecular flexibility index (Phi) is 3.80. The lowest BCUT2D eigenvalue weighted by molar-refractivity contribution is -0.137. The van der Waals surface area contributed by atoms with Gasteiger partial charge in [-0.05, 0) is 26.0 Å². The molecule has 0 aliphatic rings. The molecular formula is C13H13F3N2S. The zero-order valence-corrected chi connectivity index (χ0v) is 11.3. The van der Waals surface area contributed by atoms with Crippen molar-refractivity contribution in [1.29, 1.82) is 0 Å². The van der Waals surface area contributed by atoms with E-state index in [0.29, 0.717) is 0 Å². The Morgan fingerprint density at radius 2 is 1.95 bits per heavy atom. The van der Waals surface area contributed by atoms with Crippen LogP contribution >= 0.6 is 11.3 Å². The molecule has 0 spiro atoms. The molecule has 1 aromatic carbocycles. The van der Waals surface area contributed by atoms with Gasteiger partial charge in [0.2, 0.25) is 0 Å². The fourth-order valence-corrected chi connectivity index (χ4v) is 2.45. The molecule has 1 N–H and O–H groups in total. The Labute approximate surface area is 113 Å². The molecule has 1 heterocycles. The van der Waals surface area contributed by atoms with Crippen LogP contribution in [0.3, 0.4) is 0 Å². The number of aryl methyl sites for hydroxylation is 1. The van der Waals surface area contributed by atoms with Crippen LogP contribution < -0.4 is 5.32 Å². The largest absolute Gasteiger partial charge is 0.418 e. The van der Waals surface area contributed by atoms with Crippen LogP contribution in [0.15, 0.2) is 29.6 Å². The molecule has 2 aromatic rings. The first-order chi connectivity index (χ1) is 8.88. The minimum atomic E-state index is -4.36. The van der Waals surface area contributed by atoms with Crippen molar-refractivity contribution >= 4 is 17.0 Å². The minimum absolute atomic E-state index is 0.0770. The Balaban J connectivity index is 2.24. The molecule has 0 amide bonds. The number of aromatic nitrogens is 1. The van der Waals surface area contributed by atoms with Crippen LogP contribution in [0.2, 0.25) is 0 Å². The van der Waals surface area contributed by atoms with Crippen LogP contribution in [-0.2, 0) is 6.18 Å². The van der Waals surface area contributed by atoms with Gasteiger partial charge in [0.05, 0.1) is 22.3 Å². The number of hydrogen-bond acceptors (Lipinski definition) is 3. The van der Waals surface area contributed by atoms with Gasteiger partial charge in [-0.1, -0.05) is 12.1 Å². The smallest absolute Gasteiger partial charge is 0.376 e. The lowest BCUT2D eigenvalue weighted by Gasteiger charge is -2.18. The molecule has 0 saturated heterocycles. The number of para-hydroxylation sites is 1. The van der Waals surface area contributed by atoms with Gasteiger partial charge in [0.15, 0.2) is 0 Å². The molecule has 1 atom stereocenters. The van der Waals surface area contributed by atoms with Gasteiger partial charge in [0.25, 0.3) is 0 Å². The Morgan fingerprint density at radius 3 is 2.53 bits per heavy atom. The van der Waals surface area contributed by atoms with Gasteiger partial charge in [-0.15, -0.1) is 11.3 Å². The average Bonchev–Trinajstić information content (AvgIpc) is 2.75. The van der Waals surface area contributed by atoms with E-state index in [-0.39, 0.29) is 11.7 Å². The number of alkyl halides is 3. The Bertz CT molecular complexity index is 563. The monoisotopic (exact) mass is 286 g/mol. The van der Waals surface area contributed by atoms with Crippen molar-refractivity contribution in [1.82, 2.24) is 4.98 Å². The zero-order valence-electron chi connectivity index (χ0n) is 10.5. The number of thiazole rings is 1. The Morgan fingerprint density at radius 1 is 1.26 bits per heavy atom. The maximum atomic E-state index is 12.9. The first-order valence-electron chi connectivity index (χ1n) is 5.72. The summed E-state index contributed by atoms with van der Waals surface area (Å²) in [6.07, 6.45) is -4.36. The second-order valence-electron chi connectivity index (χ2n) is 4.20. The summed E-state index contributed by atoms with van der Waals surface area (Å²) in [6.45, 7) is 3.66. The van der Waals surface area contributed by atoms with Crippen molar-refractivity contribution in [3.8, 4) is 0 Å². The van der Waals surface area contributed by atoms with Gasteiger partial charge in [-0.25, -0.2) is 4.98 Å². The number of anilines is 1. The van der Waals surface area contributed by atoms with Crippen molar-refractivity contribution in [2.24, 2.45) is 0 Å². The third-order valence-electron chi connectivity index (χ3n) is 2.68. The first-order valence-corrected chi connectivity index (χ1v) is 6.60. The van der Waals surface area contributed by atoms with E-state index >= 15 is 0 Å². The first kappa shape index (κ1) is 13.9. The van der Waals surface area contributed by atoms with E-state index in [9.17, 15) is 13.2 Å². The summed E-state index contributed by atoms with van der Waals surface area (Å²) < 4.78 is 38.6. The molecule has 1 unspecified atom stereocenters. The number of hydrogen-bond donors (Lipinski definition) is 1. The van der Waals surface area contributed by atoms with Crippen LogP contribution in [0, 0.1) is 6.92 Å². The molecule has 0 aliphatic heterocycles. The van der Waals surface area contributed by atoms with Crippen LogP contribution in [0.1, 0.15) is 29.2 Å². The summed E-state index contributed by atoms with van der Waals surface area (Å²) in [4.78, 5) is 4.27. The third kappa shape index (κ3) is 3.26. The summed E-state index contributed by atoms with van der Waals surface area (Å²) in [5.74, 6) is 0. The van der Waals surface area contributed by atoms with Crippen molar-refractivity contribution < 1.29 is 13.2 Å². The van der Waals surface area contributed by atoms with E-state index in [1.165, 1.54) is 23.5 Å². The molecule has 6 heteroatoms. The van der Waals surface area contributed by atoms with Gasteiger partial charge >= 0.3 is 6.18 Å². The lowest BCUT2D eigenvalue weighted by Crippen LogP contribution is -2.13. The van der Waals surface area contributed by atoms with Crippen LogP contribution in [0.4, 0.5) is 18.9 Å². The summed E-state index contributed by atoms with van der Waals surface area (Å²) in [7, 11) is 0. The molecule has 102 valence electrons. The molecule has 2 rings (SSSR count). The number of nitrogens with zero attached hydrogens (tertiary/aromatic N) is 1. The predicted octanol–water partition coefficient (Wildman–Crippen LogP) is 4.64. The highest BCUT2D eigenvalue weighted by molar-refractivity contribution is 7.09. The maximum Gasteiger partial charge on any atom is 0.418 e. The highest BCUT2D eigenvalue weighted by atomic mass is 32.1. The topological polar surface area (TPSA) is 24.9 Å². The van der Waals surface area contributed by atoms with Gasteiger partial charge in [0, 0.05) is 11.1 Å². The second-order valence-corrected chi connectivity index (χ2v) is 5.26. The van der Waals surface area contributed by atoms with E-state index < -0.39 is 11.7 Å². The average molecular weight is 286 g/mol. The summed E-state index contributed by atoms with van der Waals surface area (Å²) in [5.41, 5.74) is 0.168. The normalized spacial score (nSPS) is 13.3. The zero-order chi connectivity index (χ0) is 14.0. The number of benzene rings is 1.